The van der Waals surface area contributed by atoms with Crippen molar-refractivity contribution in [3.63, 3.8) is 0 Å². The van der Waals surface area contributed by atoms with Crippen LogP contribution in [-0.2, 0) is 11.2 Å². The summed E-state index contributed by atoms with van der Waals surface area (Å²) in [5.74, 6) is 1.29. The summed E-state index contributed by atoms with van der Waals surface area (Å²) in [4.78, 5) is 26.4. The third kappa shape index (κ3) is 3.88. The molecule has 7 nitrogen and oxygen atoms in total. The van der Waals surface area contributed by atoms with Crippen LogP contribution in [0.3, 0.4) is 0 Å². The zero-order chi connectivity index (χ0) is 19.5. The number of benzene rings is 2. The number of rotatable bonds is 4. The summed E-state index contributed by atoms with van der Waals surface area (Å²) >= 11 is 0. The number of anilines is 2. The van der Waals surface area contributed by atoms with Gasteiger partial charge in [-0.05, 0) is 36.2 Å². The molecule has 2 heterocycles. The van der Waals surface area contributed by atoms with Crippen molar-refractivity contribution in [3.8, 4) is 11.5 Å². The Morgan fingerprint density at radius 2 is 1.86 bits per heavy atom. The molecule has 1 unspecified atom stereocenters. The van der Waals surface area contributed by atoms with Gasteiger partial charge < -0.3 is 25.0 Å². The van der Waals surface area contributed by atoms with Gasteiger partial charge in [-0.2, -0.15) is 0 Å². The molecule has 1 saturated heterocycles. The van der Waals surface area contributed by atoms with Crippen LogP contribution in [-0.4, -0.2) is 37.7 Å². The molecule has 7 heteroatoms. The first kappa shape index (κ1) is 18.2. The Morgan fingerprint density at radius 1 is 1.11 bits per heavy atom. The summed E-state index contributed by atoms with van der Waals surface area (Å²) in [6.45, 7) is 3.52. The summed E-state index contributed by atoms with van der Waals surface area (Å²) in [5, 5.41) is 5.69. The zero-order valence-corrected chi connectivity index (χ0v) is 15.7. The second-order valence-corrected chi connectivity index (χ2v) is 6.88. The maximum absolute atomic E-state index is 12.4. The lowest BCUT2D eigenvalue weighted by atomic mass is 10.1. The number of hydrogen-bond acceptors (Lipinski definition) is 4. The molecule has 2 aromatic carbocycles. The van der Waals surface area contributed by atoms with E-state index in [-0.39, 0.29) is 24.4 Å². The van der Waals surface area contributed by atoms with Gasteiger partial charge in [0.15, 0.2) is 11.5 Å². The molecule has 0 bridgehead atoms. The van der Waals surface area contributed by atoms with Crippen molar-refractivity contribution in [1.29, 1.82) is 0 Å². The normalized spacial score (nSPS) is 18.1. The molecule has 0 aliphatic carbocycles. The third-order valence-corrected chi connectivity index (χ3v) is 4.92. The van der Waals surface area contributed by atoms with Crippen LogP contribution in [0.1, 0.15) is 18.9 Å². The number of fused-ring (bicyclic) bond motifs is 1. The lowest BCUT2D eigenvalue weighted by molar-refractivity contribution is -0.117. The highest BCUT2D eigenvalue weighted by Crippen LogP contribution is 2.35. The SMILES string of the molecule is CCc1ccc(NC(=O)NC2CC(=O)N(c3ccc4c(c3)OCCO4)C2)cc1. The second-order valence-electron chi connectivity index (χ2n) is 6.88. The fourth-order valence-corrected chi connectivity index (χ4v) is 3.43. The Hall–Kier alpha value is -3.22. The second kappa shape index (κ2) is 7.80. The quantitative estimate of drug-likeness (QED) is 0.853. The molecule has 146 valence electrons. The third-order valence-electron chi connectivity index (χ3n) is 4.92. The van der Waals surface area contributed by atoms with Crippen molar-refractivity contribution in [2.24, 2.45) is 0 Å². The average molecular weight is 381 g/mol. The van der Waals surface area contributed by atoms with Crippen LogP contribution in [0.5, 0.6) is 11.5 Å². The van der Waals surface area contributed by atoms with Gasteiger partial charge in [-0.1, -0.05) is 19.1 Å². The smallest absolute Gasteiger partial charge is 0.319 e. The number of carbonyl (C=O) groups is 2. The first-order valence-electron chi connectivity index (χ1n) is 9.49. The van der Waals surface area contributed by atoms with Gasteiger partial charge in [0.05, 0.1) is 6.04 Å². The van der Waals surface area contributed by atoms with E-state index in [2.05, 4.69) is 17.6 Å². The molecule has 4 rings (SSSR count). The van der Waals surface area contributed by atoms with Crippen LogP contribution >= 0.6 is 0 Å². The van der Waals surface area contributed by atoms with Gasteiger partial charge in [0.25, 0.3) is 0 Å². The van der Waals surface area contributed by atoms with Gasteiger partial charge in [0.1, 0.15) is 13.2 Å². The highest BCUT2D eigenvalue weighted by atomic mass is 16.6. The van der Waals surface area contributed by atoms with Crippen molar-refractivity contribution in [1.82, 2.24) is 5.32 Å². The van der Waals surface area contributed by atoms with Crippen LogP contribution in [0, 0.1) is 0 Å². The highest BCUT2D eigenvalue weighted by molar-refractivity contribution is 5.98. The molecule has 1 atom stereocenters. The number of hydrogen-bond donors (Lipinski definition) is 2. The maximum atomic E-state index is 12.4. The van der Waals surface area contributed by atoms with Crippen molar-refractivity contribution in [3.05, 3.63) is 48.0 Å². The minimum absolute atomic E-state index is 0.0331. The largest absolute Gasteiger partial charge is 0.486 e. The fourth-order valence-electron chi connectivity index (χ4n) is 3.43. The van der Waals surface area contributed by atoms with E-state index < -0.39 is 0 Å². The first-order valence-corrected chi connectivity index (χ1v) is 9.49. The molecule has 28 heavy (non-hydrogen) atoms. The van der Waals surface area contributed by atoms with Crippen molar-refractivity contribution >= 4 is 23.3 Å². The van der Waals surface area contributed by atoms with E-state index in [1.165, 1.54) is 5.56 Å². The van der Waals surface area contributed by atoms with Crippen molar-refractivity contribution in [2.75, 3.05) is 30.0 Å². The number of nitrogens with zero attached hydrogens (tertiary/aromatic N) is 1. The molecule has 1 fully saturated rings. The molecule has 2 aromatic rings. The van der Waals surface area contributed by atoms with Gasteiger partial charge in [-0.25, -0.2) is 4.79 Å². The van der Waals surface area contributed by atoms with Gasteiger partial charge in [-0.15, -0.1) is 0 Å². The van der Waals surface area contributed by atoms with E-state index in [4.69, 9.17) is 9.47 Å². The Bertz CT molecular complexity index is 882. The minimum Gasteiger partial charge on any atom is -0.486 e. The van der Waals surface area contributed by atoms with Crippen LogP contribution < -0.4 is 25.0 Å². The number of ether oxygens (including phenoxy) is 2. The number of amides is 3. The predicted octanol–water partition coefficient (Wildman–Crippen LogP) is 2.95. The maximum Gasteiger partial charge on any atom is 0.319 e. The number of carbonyl (C=O) groups excluding carboxylic acids is 2. The van der Waals surface area contributed by atoms with E-state index >= 15 is 0 Å². The predicted molar refractivity (Wildman–Crippen MR) is 106 cm³/mol. The molecule has 0 radical (unpaired) electrons. The van der Waals surface area contributed by atoms with Gasteiger partial charge in [0, 0.05) is 30.4 Å². The molecule has 0 spiro atoms. The first-order chi connectivity index (χ1) is 13.6. The summed E-state index contributed by atoms with van der Waals surface area (Å²) in [6.07, 6.45) is 1.21. The summed E-state index contributed by atoms with van der Waals surface area (Å²) < 4.78 is 11.1. The van der Waals surface area contributed by atoms with Crippen LogP contribution in [0.15, 0.2) is 42.5 Å². The van der Waals surface area contributed by atoms with Crippen molar-refractivity contribution in [2.45, 2.75) is 25.8 Å². The van der Waals surface area contributed by atoms with E-state index in [0.29, 0.717) is 31.3 Å². The zero-order valence-electron chi connectivity index (χ0n) is 15.7. The summed E-state index contributed by atoms with van der Waals surface area (Å²) in [5.41, 5.74) is 2.68. The van der Waals surface area contributed by atoms with E-state index in [1.54, 1.807) is 4.90 Å². The summed E-state index contributed by atoms with van der Waals surface area (Å²) in [7, 11) is 0. The van der Waals surface area contributed by atoms with E-state index in [0.717, 1.165) is 17.8 Å². The van der Waals surface area contributed by atoms with Crippen molar-refractivity contribution < 1.29 is 19.1 Å². The molecule has 3 amide bonds. The topological polar surface area (TPSA) is 79.9 Å². The number of urea groups is 1. The molecular weight excluding hydrogens is 358 g/mol. The molecule has 0 saturated carbocycles. The minimum atomic E-state index is -0.314. The van der Waals surface area contributed by atoms with Crippen LogP contribution in [0.4, 0.5) is 16.2 Å². The fraction of sp³-hybridized carbons (Fsp3) is 0.333. The number of nitrogens with one attached hydrogen (secondary N) is 2. The van der Waals surface area contributed by atoms with Crippen LogP contribution in [0.25, 0.3) is 0 Å². The lowest BCUT2D eigenvalue weighted by Crippen LogP contribution is -2.39. The Labute approximate surface area is 163 Å². The van der Waals surface area contributed by atoms with E-state index in [9.17, 15) is 9.59 Å². The van der Waals surface area contributed by atoms with E-state index in [1.807, 2.05) is 42.5 Å². The molecular formula is C21H23N3O4. The van der Waals surface area contributed by atoms with Gasteiger partial charge in [-0.3, -0.25) is 4.79 Å². The Balaban J connectivity index is 1.37. The molecule has 0 aromatic heterocycles. The van der Waals surface area contributed by atoms with Gasteiger partial charge in [0.2, 0.25) is 5.91 Å². The number of aryl methyl sites for hydroxylation is 1. The Morgan fingerprint density at radius 3 is 2.61 bits per heavy atom. The molecule has 2 N–H and O–H groups in total. The molecule has 2 aliphatic heterocycles. The highest BCUT2D eigenvalue weighted by Gasteiger charge is 2.32. The van der Waals surface area contributed by atoms with Crippen LogP contribution in [0.2, 0.25) is 0 Å². The lowest BCUT2D eigenvalue weighted by Gasteiger charge is -2.22. The summed E-state index contributed by atoms with van der Waals surface area (Å²) in [6, 6.07) is 12.6. The Kier molecular flexibility index (Phi) is 5.06. The average Bonchev–Trinajstić information content (AvgIpc) is 3.08. The monoisotopic (exact) mass is 381 g/mol. The standard InChI is InChI=1S/C21H23N3O4/c1-2-14-3-5-15(6-4-14)22-21(26)23-16-11-20(25)24(13-16)17-7-8-18-19(12-17)28-10-9-27-18/h3-8,12,16H,2,9-11,13H2,1H3,(H2,22,23,26). The molecule has 2 aliphatic rings. The van der Waals surface area contributed by atoms with Gasteiger partial charge >= 0.3 is 6.03 Å².